The Hall–Kier alpha value is -1.82. The molecule has 94 valence electrons. The van der Waals surface area contributed by atoms with Crippen LogP contribution in [0.25, 0.3) is 0 Å². The van der Waals surface area contributed by atoms with Crippen molar-refractivity contribution in [1.82, 2.24) is 4.90 Å². The van der Waals surface area contributed by atoms with Gasteiger partial charge in [-0.05, 0) is 34.9 Å². The van der Waals surface area contributed by atoms with E-state index in [0.717, 1.165) is 35.8 Å². The molecule has 0 saturated heterocycles. The maximum absolute atomic E-state index is 9.12. The van der Waals surface area contributed by atoms with Gasteiger partial charge in [-0.2, -0.15) is 5.26 Å². The van der Waals surface area contributed by atoms with E-state index in [9.17, 15) is 0 Å². The Bertz CT molecular complexity index is 658. The first-order chi connectivity index (χ1) is 9.26. The summed E-state index contributed by atoms with van der Waals surface area (Å²) in [5, 5.41) is 9.91. The minimum atomic E-state index is 0.761. The monoisotopic (exact) mass is 268 g/mol. The molecule has 0 saturated carbocycles. The molecule has 0 radical (unpaired) electrons. The minimum Gasteiger partial charge on any atom is -0.291 e. The molecule has 0 aromatic heterocycles. The van der Waals surface area contributed by atoms with Crippen molar-refractivity contribution in [3.05, 3.63) is 69.7 Å². The molecule has 0 fully saturated rings. The van der Waals surface area contributed by atoms with E-state index in [1.165, 1.54) is 11.1 Å². The summed E-state index contributed by atoms with van der Waals surface area (Å²) in [5.74, 6) is 0. The second kappa shape index (κ2) is 5.05. The lowest BCUT2D eigenvalue weighted by atomic mass is 10.1. The SMILES string of the molecule is N#Cc1ccccc1CN1Cc2ccc(Cl)cc2C1. The van der Waals surface area contributed by atoms with Crippen LogP contribution in [0.4, 0.5) is 0 Å². The molecule has 1 aliphatic heterocycles. The molecular weight excluding hydrogens is 256 g/mol. The van der Waals surface area contributed by atoms with Crippen molar-refractivity contribution >= 4 is 11.6 Å². The van der Waals surface area contributed by atoms with Crippen LogP contribution in [0.15, 0.2) is 42.5 Å². The van der Waals surface area contributed by atoms with Crippen molar-refractivity contribution in [2.75, 3.05) is 0 Å². The zero-order chi connectivity index (χ0) is 13.2. The average molecular weight is 269 g/mol. The Morgan fingerprint density at radius 1 is 1.11 bits per heavy atom. The van der Waals surface area contributed by atoms with Gasteiger partial charge in [0.05, 0.1) is 11.6 Å². The molecule has 0 amide bonds. The zero-order valence-electron chi connectivity index (χ0n) is 10.4. The molecule has 2 nitrogen and oxygen atoms in total. The predicted octanol–water partition coefficient (Wildman–Crippen LogP) is 3.73. The first-order valence-electron chi connectivity index (χ1n) is 6.24. The third-order valence-corrected chi connectivity index (χ3v) is 3.72. The molecule has 0 N–H and O–H groups in total. The van der Waals surface area contributed by atoms with Crippen molar-refractivity contribution in [1.29, 1.82) is 5.26 Å². The number of hydrogen-bond acceptors (Lipinski definition) is 2. The van der Waals surface area contributed by atoms with E-state index in [4.69, 9.17) is 16.9 Å². The highest BCUT2D eigenvalue weighted by Crippen LogP contribution is 2.27. The van der Waals surface area contributed by atoms with E-state index in [0.29, 0.717) is 0 Å². The molecule has 0 atom stereocenters. The van der Waals surface area contributed by atoms with Crippen LogP contribution in [0, 0.1) is 11.3 Å². The summed E-state index contributed by atoms with van der Waals surface area (Å²) >= 11 is 6.02. The second-order valence-corrected chi connectivity index (χ2v) is 5.26. The molecule has 0 spiro atoms. The third-order valence-electron chi connectivity index (χ3n) is 3.49. The highest BCUT2D eigenvalue weighted by atomic mass is 35.5. The lowest BCUT2D eigenvalue weighted by molar-refractivity contribution is 0.275. The Balaban J connectivity index is 1.79. The van der Waals surface area contributed by atoms with Crippen LogP contribution >= 0.6 is 11.6 Å². The number of fused-ring (bicyclic) bond motifs is 1. The fraction of sp³-hybridized carbons (Fsp3) is 0.188. The molecule has 1 heterocycles. The fourth-order valence-electron chi connectivity index (χ4n) is 2.55. The summed E-state index contributed by atoms with van der Waals surface area (Å²) in [6.45, 7) is 2.62. The molecule has 1 aliphatic rings. The number of benzene rings is 2. The van der Waals surface area contributed by atoms with Gasteiger partial charge >= 0.3 is 0 Å². The summed E-state index contributed by atoms with van der Waals surface area (Å²) < 4.78 is 0. The summed E-state index contributed by atoms with van der Waals surface area (Å²) in [6.07, 6.45) is 0. The van der Waals surface area contributed by atoms with E-state index >= 15 is 0 Å². The minimum absolute atomic E-state index is 0.761. The number of nitrogens with zero attached hydrogens (tertiary/aromatic N) is 2. The average Bonchev–Trinajstić information content (AvgIpc) is 2.80. The van der Waals surface area contributed by atoms with Gasteiger partial charge in [-0.25, -0.2) is 0 Å². The normalized spacial score (nSPS) is 14.1. The summed E-state index contributed by atoms with van der Waals surface area (Å²) in [7, 11) is 0. The summed E-state index contributed by atoms with van der Waals surface area (Å²) in [5.41, 5.74) is 4.47. The molecule has 2 aromatic rings. The summed E-state index contributed by atoms with van der Waals surface area (Å²) in [4.78, 5) is 2.33. The van der Waals surface area contributed by atoms with Crippen LogP contribution in [-0.4, -0.2) is 4.90 Å². The first kappa shape index (κ1) is 12.2. The number of rotatable bonds is 2. The maximum Gasteiger partial charge on any atom is 0.0995 e. The Kier molecular flexibility index (Phi) is 3.25. The number of nitriles is 1. The fourth-order valence-corrected chi connectivity index (χ4v) is 2.75. The van der Waals surface area contributed by atoms with Crippen LogP contribution in [0.3, 0.4) is 0 Å². The molecule has 3 rings (SSSR count). The van der Waals surface area contributed by atoms with Crippen molar-refractivity contribution in [2.45, 2.75) is 19.6 Å². The van der Waals surface area contributed by atoms with E-state index in [1.807, 2.05) is 36.4 Å². The van der Waals surface area contributed by atoms with Crippen LogP contribution in [-0.2, 0) is 19.6 Å². The molecule has 0 bridgehead atoms. The van der Waals surface area contributed by atoms with Gasteiger partial charge in [-0.15, -0.1) is 0 Å². The lowest BCUT2D eigenvalue weighted by Gasteiger charge is -2.15. The van der Waals surface area contributed by atoms with Crippen LogP contribution < -0.4 is 0 Å². The Labute approximate surface area is 117 Å². The lowest BCUT2D eigenvalue weighted by Crippen LogP contribution is -2.16. The Morgan fingerprint density at radius 2 is 1.89 bits per heavy atom. The molecular formula is C16H13ClN2. The van der Waals surface area contributed by atoms with Gasteiger partial charge in [-0.3, -0.25) is 4.90 Å². The van der Waals surface area contributed by atoms with Gasteiger partial charge < -0.3 is 0 Å². The van der Waals surface area contributed by atoms with Crippen LogP contribution in [0.2, 0.25) is 5.02 Å². The van der Waals surface area contributed by atoms with Gasteiger partial charge in [0, 0.05) is 24.7 Å². The maximum atomic E-state index is 9.12. The van der Waals surface area contributed by atoms with E-state index in [1.54, 1.807) is 0 Å². The quantitative estimate of drug-likeness (QED) is 0.830. The van der Waals surface area contributed by atoms with Crippen LogP contribution in [0.1, 0.15) is 22.3 Å². The topological polar surface area (TPSA) is 27.0 Å². The van der Waals surface area contributed by atoms with Crippen LogP contribution in [0.5, 0.6) is 0 Å². The van der Waals surface area contributed by atoms with Gasteiger partial charge in [0.15, 0.2) is 0 Å². The number of hydrogen-bond donors (Lipinski definition) is 0. The number of halogens is 1. The predicted molar refractivity (Wildman–Crippen MR) is 75.6 cm³/mol. The Morgan fingerprint density at radius 3 is 2.74 bits per heavy atom. The molecule has 19 heavy (non-hydrogen) atoms. The van der Waals surface area contributed by atoms with Gasteiger partial charge in [0.2, 0.25) is 0 Å². The van der Waals surface area contributed by atoms with E-state index in [-0.39, 0.29) is 0 Å². The van der Waals surface area contributed by atoms with E-state index in [2.05, 4.69) is 17.0 Å². The van der Waals surface area contributed by atoms with E-state index < -0.39 is 0 Å². The third kappa shape index (κ3) is 2.49. The van der Waals surface area contributed by atoms with Gasteiger partial charge in [0.1, 0.15) is 0 Å². The molecule has 0 aliphatic carbocycles. The summed E-state index contributed by atoms with van der Waals surface area (Å²) in [6, 6.07) is 16.1. The van der Waals surface area contributed by atoms with Crippen molar-refractivity contribution in [3.63, 3.8) is 0 Å². The van der Waals surface area contributed by atoms with Crippen molar-refractivity contribution in [3.8, 4) is 6.07 Å². The van der Waals surface area contributed by atoms with Crippen molar-refractivity contribution < 1.29 is 0 Å². The molecule has 2 aromatic carbocycles. The van der Waals surface area contributed by atoms with Gasteiger partial charge in [-0.1, -0.05) is 35.9 Å². The zero-order valence-corrected chi connectivity index (χ0v) is 11.2. The molecule has 3 heteroatoms. The first-order valence-corrected chi connectivity index (χ1v) is 6.62. The standard InChI is InChI=1S/C16H13ClN2/c17-16-6-5-14-10-19(11-15(14)7-16)9-13-4-2-1-3-12(13)8-18/h1-7H,9-11H2. The highest BCUT2D eigenvalue weighted by Gasteiger charge is 2.19. The smallest absolute Gasteiger partial charge is 0.0995 e. The molecule has 0 unspecified atom stereocenters. The van der Waals surface area contributed by atoms with Gasteiger partial charge in [0.25, 0.3) is 0 Å². The second-order valence-electron chi connectivity index (χ2n) is 4.83. The largest absolute Gasteiger partial charge is 0.291 e. The highest BCUT2D eigenvalue weighted by molar-refractivity contribution is 6.30. The van der Waals surface area contributed by atoms with Crippen molar-refractivity contribution in [2.24, 2.45) is 0 Å².